The van der Waals surface area contributed by atoms with Crippen molar-refractivity contribution in [1.29, 1.82) is 0 Å². The molecule has 1 fully saturated rings. The van der Waals surface area contributed by atoms with Gasteiger partial charge in [-0.25, -0.2) is 9.97 Å². The number of amides is 2. The number of carbonyl (C=O) groups excluding carboxylic acids is 2. The molecule has 13 heteroatoms. The molecular weight excluding hydrogens is 667 g/mol. The van der Waals surface area contributed by atoms with E-state index in [1.165, 1.54) is 35.9 Å². The minimum absolute atomic E-state index is 0.0132. The van der Waals surface area contributed by atoms with Crippen molar-refractivity contribution >= 4 is 23.2 Å². The normalized spacial score (nSPS) is 15.9. The van der Waals surface area contributed by atoms with Crippen LogP contribution in [0.3, 0.4) is 0 Å². The topological polar surface area (TPSA) is 121 Å². The summed E-state index contributed by atoms with van der Waals surface area (Å²) in [7, 11) is 0. The highest BCUT2D eigenvalue weighted by Gasteiger charge is 2.34. The van der Waals surface area contributed by atoms with Crippen molar-refractivity contribution in [2.45, 2.75) is 57.1 Å². The van der Waals surface area contributed by atoms with Gasteiger partial charge in [0.25, 0.3) is 11.8 Å². The molecule has 0 saturated carbocycles. The van der Waals surface area contributed by atoms with Crippen LogP contribution in [0.15, 0.2) is 95.1 Å². The van der Waals surface area contributed by atoms with Crippen LogP contribution in [0.1, 0.15) is 67.0 Å². The van der Waals surface area contributed by atoms with Gasteiger partial charge >= 0.3 is 6.18 Å². The SMILES string of the molecule is Cc1csc(C2CCCN2C(=O)c2cc(C(=O)N[C@@H](Cc3ccccc3)[C@H](O)CNCc3cccc(C(F)(F)F)c3)cc(-c3ncco3)c2)n1. The third kappa shape index (κ3) is 8.47. The third-order valence-electron chi connectivity index (χ3n) is 8.57. The number of likely N-dealkylation sites (tertiary alicyclic amines) is 1. The Morgan fingerprint density at radius 3 is 2.56 bits per heavy atom. The molecule has 3 heterocycles. The summed E-state index contributed by atoms with van der Waals surface area (Å²) in [6.45, 7) is 2.53. The molecule has 0 bridgehead atoms. The van der Waals surface area contributed by atoms with Gasteiger partial charge in [0, 0.05) is 47.4 Å². The maximum absolute atomic E-state index is 14.0. The zero-order valence-corrected chi connectivity index (χ0v) is 28.0. The van der Waals surface area contributed by atoms with Crippen LogP contribution < -0.4 is 10.6 Å². The molecule has 1 unspecified atom stereocenters. The van der Waals surface area contributed by atoms with Crippen LogP contribution in [0.4, 0.5) is 13.2 Å². The number of aliphatic hydroxyl groups is 1. The lowest BCUT2D eigenvalue weighted by atomic mass is 9.99. The van der Waals surface area contributed by atoms with E-state index in [0.717, 1.165) is 41.2 Å². The molecule has 50 heavy (non-hydrogen) atoms. The Kier molecular flexibility index (Phi) is 10.8. The van der Waals surface area contributed by atoms with Gasteiger partial charge in [0.2, 0.25) is 5.89 Å². The van der Waals surface area contributed by atoms with Crippen LogP contribution in [-0.4, -0.2) is 57.0 Å². The maximum atomic E-state index is 14.0. The second kappa shape index (κ2) is 15.4. The fourth-order valence-electron chi connectivity index (χ4n) is 6.10. The molecule has 260 valence electrons. The van der Waals surface area contributed by atoms with Gasteiger partial charge in [0.1, 0.15) is 11.3 Å². The number of halogens is 3. The largest absolute Gasteiger partial charge is 0.445 e. The Morgan fingerprint density at radius 2 is 1.84 bits per heavy atom. The van der Waals surface area contributed by atoms with E-state index in [9.17, 15) is 27.9 Å². The lowest BCUT2D eigenvalue weighted by Gasteiger charge is -2.26. The first-order valence-electron chi connectivity index (χ1n) is 16.2. The highest BCUT2D eigenvalue weighted by Crippen LogP contribution is 2.35. The van der Waals surface area contributed by atoms with E-state index in [-0.39, 0.29) is 48.5 Å². The van der Waals surface area contributed by atoms with E-state index in [1.807, 2.05) is 42.6 Å². The summed E-state index contributed by atoms with van der Waals surface area (Å²) in [5.41, 5.74) is 2.30. The standard InChI is InChI=1S/C37H36F3N5O4S/c1-23-22-50-35(43-23)31-11-6-13-45(31)36(48)28-18-26(17-27(19-28)34-42-12-14-49-34)33(47)44-30(16-24-7-3-2-4-8-24)32(46)21-41-20-25-9-5-10-29(15-25)37(38,39)40/h2-5,7-10,12,14-15,17-19,22,30-32,41,46H,6,11,13,16,20-21H2,1H3,(H,44,47)/t30-,31?,32+/m0/s1. The number of carbonyl (C=O) groups is 2. The van der Waals surface area contributed by atoms with E-state index in [2.05, 4.69) is 20.6 Å². The number of nitrogens with zero attached hydrogens (tertiary/aromatic N) is 3. The van der Waals surface area contributed by atoms with Crippen molar-refractivity contribution in [2.75, 3.05) is 13.1 Å². The van der Waals surface area contributed by atoms with Crippen molar-refractivity contribution in [3.05, 3.63) is 129 Å². The highest BCUT2D eigenvalue weighted by atomic mass is 32.1. The molecule has 1 saturated heterocycles. The minimum atomic E-state index is -4.47. The summed E-state index contributed by atoms with van der Waals surface area (Å²) in [6, 6.07) is 18.1. The molecule has 2 aromatic heterocycles. The second-order valence-electron chi connectivity index (χ2n) is 12.3. The maximum Gasteiger partial charge on any atom is 0.416 e. The number of benzene rings is 3. The van der Waals surface area contributed by atoms with E-state index < -0.39 is 29.8 Å². The molecule has 2 amide bonds. The first-order valence-corrected chi connectivity index (χ1v) is 17.1. The zero-order chi connectivity index (χ0) is 35.3. The van der Waals surface area contributed by atoms with Crippen molar-refractivity contribution in [2.24, 2.45) is 0 Å². The first kappa shape index (κ1) is 35.0. The van der Waals surface area contributed by atoms with E-state index in [1.54, 1.807) is 23.1 Å². The van der Waals surface area contributed by atoms with Crippen molar-refractivity contribution < 1.29 is 32.3 Å². The van der Waals surface area contributed by atoms with Gasteiger partial charge < -0.3 is 25.1 Å². The summed E-state index contributed by atoms with van der Waals surface area (Å²) in [5.74, 6) is -0.539. The number of aromatic nitrogens is 2. The van der Waals surface area contributed by atoms with Crippen LogP contribution in [0.5, 0.6) is 0 Å². The summed E-state index contributed by atoms with van der Waals surface area (Å²) < 4.78 is 45.1. The number of aryl methyl sites for hydroxylation is 1. The summed E-state index contributed by atoms with van der Waals surface area (Å²) >= 11 is 1.52. The van der Waals surface area contributed by atoms with Crippen LogP contribution in [0.25, 0.3) is 11.5 Å². The molecular formula is C37H36F3N5O4S. The number of thiazole rings is 1. The van der Waals surface area contributed by atoms with E-state index in [4.69, 9.17) is 4.42 Å². The van der Waals surface area contributed by atoms with Gasteiger partial charge in [0.05, 0.1) is 29.9 Å². The van der Waals surface area contributed by atoms with Gasteiger partial charge in [-0.2, -0.15) is 13.2 Å². The Labute approximate surface area is 291 Å². The highest BCUT2D eigenvalue weighted by molar-refractivity contribution is 7.09. The number of hydrogen-bond acceptors (Lipinski definition) is 8. The molecule has 9 nitrogen and oxygen atoms in total. The smallest absolute Gasteiger partial charge is 0.416 e. The molecule has 0 spiro atoms. The zero-order valence-electron chi connectivity index (χ0n) is 27.2. The molecule has 5 aromatic rings. The summed E-state index contributed by atoms with van der Waals surface area (Å²) in [4.78, 5) is 38.6. The molecule has 3 N–H and O–H groups in total. The Balaban J connectivity index is 1.23. The minimum Gasteiger partial charge on any atom is -0.445 e. The molecule has 1 aliphatic rings. The van der Waals surface area contributed by atoms with Crippen LogP contribution >= 0.6 is 11.3 Å². The second-order valence-corrected chi connectivity index (χ2v) is 13.2. The van der Waals surface area contributed by atoms with E-state index >= 15 is 0 Å². The fraction of sp³-hybridized carbons (Fsp3) is 0.297. The lowest BCUT2D eigenvalue weighted by molar-refractivity contribution is -0.137. The van der Waals surface area contributed by atoms with Crippen molar-refractivity contribution in [1.82, 2.24) is 25.5 Å². The number of alkyl halides is 3. The van der Waals surface area contributed by atoms with Gasteiger partial charge in [-0.1, -0.05) is 48.5 Å². The fourth-order valence-corrected chi connectivity index (χ4v) is 7.04. The van der Waals surface area contributed by atoms with Crippen molar-refractivity contribution in [3.63, 3.8) is 0 Å². The van der Waals surface area contributed by atoms with Crippen molar-refractivity contribution in [3.8, 4) is 11.5 Å². The van der Waals surface area contributed by atoms with Gasteiger partial charge in [-0.05, 0) is 61.6 Å². The lowest BCUT2D eigenvalue weighted by Crippen LogP contribution is -2.48. The number of oxazole rings is 1. The number of aliphatic hydroxyl groups excluding tert-OH is 1. The predicted octanol–water partition coefficient (Wildman–Crippen LogP) is 6.59. The van der Waals surface area contributed by atoms with Gasteiger partial charge in [0.15, 0.2) is 0 Å². The van der Waals surface area contributed by atoms with Gasteiger partial charge in [-0.3, -0.25) is 9.59 Å². The number of rotatable bonds is 12. The monoisotopic (exact) mass is 703 g/mol. The summed E-state index contributed by atoms with van der Waals surface area (Å²) in [6.07, 6.45) is -0.825. The summed E-state index contributed by atoms with van der Waals surface area (Å²) in [5, 5.41) is 20.1. The molecule has 3 atom stereocenters. The van der Waals surface area contributed by atoms with Gasteiger partial charge in [-0.15, -0.1) is 11.3 Å². The number of nitrogens with one attached hydrogen (secondary N) is 2. The average Bonchev–Trinajstić information content (AvgIpc) is 3.90. The predicted molar refractivity (Wildman–Crippen MR) is 182 cm³/mol. The number of hydrogen-bond donors (Lipinski definition) is 3. The average molecular weight is 704 g/mol. The van der Waals surface area contributed by atoms with Crippen LogP contribution in [0, 0.1) is 6.92 Å². The molecule has 3 aromatic carbocycles. The third-order valence-corrected chi connectivity index (χ3v) is 9.64. The quantitative estimate of drug-likeness (QED) is 0.134. The first-order chi connectivity index (χ1) is 24.0. The van der Waals surface area contributed by atoms with E-state index in [0.29, 0.717) is 17.7 Å². The molecule has 0 aliphatic carbocycles. The Hall–Kier alpha value is -4.85. The molecule has 1 aliphatic heterocycles. The molecule has 0 radical (unpaired) electrons. The van der Waals surface area contributed by atoms with Crippen LogP contribution in [0.2, 0.25) is 0 Å². The van der Waals surface area contributed by atoms with Crippen LogP contribution in [-0.2, 0) is 19.1 Å². The Bertz CT molecular complexity index is 1920. The Morgan fingerprint density at radius 1 is 1.06 bits per heavy atom. The molecule has 6 rings (SSSR count).